The highest BCUT2D eigenvalue weighted by Gasteiger charge is 2.22. The summed E-state index contributed by atoms with van der Waals surface area (Å²) >= 11 is 0. The van der Waals surface area contributed by atoms with Crippen LogP contribution in [0.5, 0.6) is 0 Å². The number of imidazole rings is 1. The van der Waals surface area contributed by atoms with E-state index in [0.29, 0.717) is 28.8 Å². The minimum Gasteiger partial charge on any atom is -0.340 e. The van der Waals surface area contributed by atoms with Crippen molar-refractivity contribution in [1.82, 2.24) is 29.6 Å². The first-order chi connectivity index (χ1) is 16.2. The maximum Gasteiger partial charge on any atom is 0.293 e. The third-order valence-corrected chi connectivity index (χ3v) is 5.84. The zero-order valence-electron chi connectivity index (χ0n) is 18.2. The van der Waals surface area contributed by atoms with Gasteiger partial charge in [-0.2, -0.15) is 10.4 Å². The van der Waals surface area contributed by atoms with Gasteiger partial charge in [-0.05, 0) is 6.92 Å². The minimum atomic E-state index is -0.241. The van der Waals surface area contributed by atoms with Gasteiger partial charge in [0.2, 0.25) is 5.95 Å². The van der Waals surface area contributed by atoms with Gasteiger partial charge in [0.15, 0.2) is 0 Å². The second kappa shape index (κ2) is 8.73. The molecule has 164 valence electrons. The molecule has 9 heteroatoms. The van der Waals surface area contributed by atoms with Crippen molar-refractivity contribution in [2.45, 2.75) is 20.0 Å². The lowest BCUT2D eigenvalue weighted by Crippen LogP contribution is -2.44. The normalized spacial score (nSPS) is 13.6. The van der Waals surface area contributed by atoms with Crippen LogP contribution in [-0.4, -0.2) is 50.5 Å². The van der Waals surface area contributed by atoms with E-state index in [1.54, 1.807) is 19.3 Å². The zero-order valence-corrected chi connectivity index (χ0v) is 18.2. The van der Waals surface area contributed by atoms with Crippen LogP contribution in [0, 0.1) is 23.2 Å². The predicted octanol–water partition coefficient (Wildman–Crippen LogP) is 1.49. The average Bonchev–Trinajstić information content (AvgIpc) is 3.24. The Kier molecular flexibility index (Phi) is 5.47. The number of nitrogens with zero attached hydrogens (tertiary/aromatic N) is 7. The standard InChI is InChI=1S/C24H22N8O/c1-2-3-10-31-22-20(29-24(31)30-11-8-26-9-12-30)15-28-32(23(22)33)16-21-19-7-5-4-6-18(19)17(13-25)14-27-21/h4-7,14-15,26H,8-12,16H2,1H3. The van der Waals surface area contributed by atoms with Gasteiger partial charge in [-0.1, -0.05) is 30.2 Å². The van der Waals surface area contributed by atoms with E-state index in [2.05, 4.69) is 38.2 Å². The van der Waals surface area contributed by atoms with Crippen LogP contribution in [-0.2, 0) is 13.1 Å². The van der Waals surface area contributed by atoms with E-state index in [0.717, 1.165) is 42.9 Å². The number of nitriles is 1. The number of anilines is 1. The number of rotatable bonds is 4. The van der Waals surface area contributed by atoms with Crippen molar-refractivity contribution in [3.05, 3.63) is 58.3 Å². The van der Waals surface area contributed by atoms with E-state index in [4.69, 9.17) is 4.98 Å². The van der Waals surface area contributed by atoms with Gasteiger partial charge >= 0.3 is 0 Å². The van der Waals surface area contributed by atoms with Gasteiger partial charge in [-0.25, -0.2) is 9.67 Å². The highest BCUT2D eigenvalue weighted by atomic mass is 16.1. The number of pyridine rings is 1. The summed E-state index contributed by atoms with van der Waals surface area (Å²) in [5.74, 6) is 6.73. The van der Waals surface area contributed by atoms with Gasteiger partial charge in [0.05, 0.1) is 30.5 Å². The summed E-state index contributed by atoms with van der Waals surface area (Å²) < 4.78 is 3.30. The molecule has 0 radical (unpaired) electrons. The number of hydrogen-bond acceptors (Lipinski definition) is 7. The molecule has 0 spiro atoms. The van der Waals surface area contributed by atoms with Gasteiger partial charge in [-0.15, -0.1) is 5.92 Å². The highest BCUT2D eigenvalue weighted by molar-refractivity contribution is 5.89. The molecule has 4 heterocycles. The Morgan fingerprint density at radius 2 is 1.94 bits per heavy atom. The molecule has 1 N–H and O–H groups in total. The maximum absolute atomic E-state index is 13.6. The predicted molar refractivity (Wildman–Crippen MR) is 126 cm³/mol. The maximum atomic E-state index is 13.6. The molecule has 0 bridgehead atoms. The van der Waals surface area contributed by atoms with Gasteiger partial charge in [0, 0.05) is 43.1 Å². The molecule has 0 aliphatic carbocycles. The van der Waals surface area contributed by atoms with Crippen molar-refractivity contribution < 1.29 is 0 Å². The van der Waals surface area contributed by atoms with Crippen molar-refractivity contribution in [3.8, 4) is 17.9 Å². The van der Waals surface area contributed by atoms with Gasteiger partial charge in [0.25, 0.3) is 5.56 Å². The lowest BCUT2D eigenvalue weighted by molar-refractivity contribution is 0.572. The number of benzene rings is 1. The quantitative estimate of drug-likeness (QED) is 0.482. The first-order valence-corrected chi connectivity index (χ1v) is 10.8. The Morgan fingerprint density at radius 3 is 2.70 bits per heavy atom. The molecule has 1 saturated heterocycles. The first kappa shape index (κ1) is 20.7. The Balaban J connectivity index is 1.63. The number of aromatic nitrogens is 5. The van der Waals surface area contributed by atoms with Crippen molar-refractivity contribution in [2.24, 2.45) is 0 Å². The van der Waals surface area contributed by atoms with Gasteiger partial charge in [0.1, 0.15) is 17.1 Å². The second-order valence-corrected chi connectivity index (χ2v) is 7.78. The smallest absolute Gasteiger partial charge is 0.293 e. The van der Waals surface area contributed by atoms with Crippen LogP contribution >= 0.6 is 0 Å². The van der Waals surface area contributed by atoms with Crippen LogP contribution in [0.25, 0.3) is 21.8 Å². The van der Waals surface area contributed by atoms with Crippen molar-refractivity contribution in [1.29, 1.82) is 5.26 Å². The highest BCUT2D eigenvalue weighted by Crippen LogP contribution is 2.22. The minimum absolute atomic E-state index is 0.189. The topological polar surface area (TPSA) is 105 Å². The summed E-state index contributed by atoms with van der Waals surface area (Å²) in [5.41, 5.74) is 1.98. The molecule has 33 heavy (non-hydrogen) atoms. The van der Waals surface area contributed by atoms with Crippen LogP contribution in [0.4, 0.5) is 5.95 Å². The molecule has 0 atom stereocenters. The molecule has 1 fully saturated rings. The van der Waals surface area contributed by atoms with Crippen LogP contribution < -0.4 is 15.8 Å². The van der Waals surface area contributed by atoms with Crippen LogP contribution in [0.15, 0.2) is 41.5 Å². The van der Waals surface area contributed by atoms with E-state index in [-0.39, 0.29) is 12.1 Å². The zero-order chi connectivity index (χ0) is 22.8. The molecular weight excluding hydrogens is 416 g/mol. The van der Waals surface area contributed by atoms with Crippen molar-refractivity contribution in [3.63, 3.8) is 0 Å². The van der Waals surface area contributed by atoms with E-state index in [9.17, 15) is 10.1 Å². The lowest BCUT2D eigenvalue weighted by atomic mass is 10.1. The summed E-state index contributed by atoms with van der Waals surface area (Å²) in [6.45, 7) is 5.70. The molecule has 1 aliphatic rings. The largest absolute Gasteiger partial charge is 0.340 e. The van der Waals surface area contributed by atoms with Gasteiger partial charge < -0.3 is 10.2 Å². The van der Waals surface area contributed by atoms with Crippen LogP contribution in [0.2, 0.25) is 0 Å². The molecule has 0 saturated carbocycles. The molecule has 5 rings (SSSR count). The summed E-state index contributed by atoms with van der Waals surface area (Å²) in [6.07, 6.45) is 3.18. The number of piperazine rings is 1. The van der Waals surface area contributed by atoms with Crippen molar-refractivity contribution >= 4 is 27.8 Å². The fourth-order valence-electron chi connectivity index (χ4n) is 4.21. The lowest BCUT2D eigenvalue weighted by Gasteiger charge is -2.28. The molecule has 4 aromatic rings. The Bertz CT molecular complexity index is 1510. The average molecular weight is 438 g/mol. The van der Waals surface area contributed by atoms with E-state index >= 15 is 0 Å². The summed E-state index contributed by atoms with van der Waals surface area (Å²) in [7, 11) is 0. The summed E-state index contributed by atoms with van der Waals surface area (Å²) in [6, 6.07) is 9.75. The van der Waals surface area contributed by atoms with E-state index in [1.807, 2.05) is 28.8 Å². The molecule has 9 nitrogen and oxygen atoms in total. The van der Waals surface area contributed by atoms with Gasteiger partial charge in [-0.3, -0.25) is 14.3 Å². The first-order valence-electron chi connectivity index (χ1n) is 10.8. The third kappa shape index (κ3) is 3.69. The molecule has 1 aromatic carbocycles. The fraction of sp³-hybridized carbons (Fsp3) is 0.292. The molecule has 0 amide bonds. The Hall–Kier alpha value is -4.21. The summed E-state index contributed by atoms with van der Waals surface area (Å²) in [5, 5.41) is 18.8. The molecule has 3 aromatic heterocycles. The molecule has 0 unspecified atom stereocenters. The third-order valence-electron chi connectivity index (χ3n) is 5.84. The van der Waals surface area contributed by atoms with Crippen molar-refractivity contribution in [2.75, 3.05) is 31.1 Å². The molecule has 1 aliphatic heterocycles. The van der Waals surface area contributed by atoms with Crippen LogP contribution in [0.1, 0.15) is 18.2 Å². The second-order valence-electron chi connectivity index (χ2n) is 7.78. The SMILES string of the molecule is CC#CCn1c(N2CCNCC2)nc2cnn(Cc3ncc(C#N)c4ccccc34)c(=O)c21. The molecular formula is C24H22N8O. The monoisotopic (exact) mass is 438 g/mol. The fourth-order valence-corrected chi connectivity index (χ4v) is 4.21. The number of hydrogen-bond donors (Lipinski definition) is 1. The Morgan fingerprint density at radius 1 is 1.15 bits per heavy atom. The Labute approximate surface area is 190 Å². The van der Waals surface area contributed by atoms with E-state index in [1.165, 1.54) is 4.68 Å². The summed E-state index contributed by atoms with van der Waals surface area (Å²) in [4.78, 5) is 24.9. The van der Waals surface area contributed by atoms with E-state index < -0.39 is 0 Å². The number of nitrogens with one attached hydrogen (secondary N) is 1. The number of fused-ring (bicyclic) bond motifs is 2. The van der Waals surface area contributed by atoms with Crippen LogP contribution in [0.3, 0.4) is 0 Å².